The molecule has 0 amide bonds. The van der Waals surface area contributed by atoms with Crippen molar-refractivity contribution >= 4 is 27.6 Å². The number of fused-ring (bicyclic) bond motifs is 1. The zero-order valence-corrected chi connectivity index (χ0v) is 11.2. The van der Waals surface area contributed by atoms with E-state index in [-0.39, 0.29) is 22.5 Å². The molecule has 2 aromatic heterocycles. The van der Waals surface area contributed by atoms with Gasteiger partial charge in [-0.1, -0.05) is 19.3 Å². The molecule has 0 bridgehead atoms. The van der Waals surface area contributed by atoms with E-state index in [4.69, 9.17) is 9.52 Å². The molecular weight excluding hydrogens is 264 g/mol. The van der Waals surface area contributed by atoms with Crippen molar-refractivity contribution in [3.05, 3.63) is 33.0 Å². The van der Waals surface area contributed by atoms with E-state index in [1.54, 1.807) is 6.07 Å². The predicted molar refractivity (Wildman–Crippen MR) is 73.1 cm³/mol. The van der Waals surface area contributed by atoms with Crippen molar-refractivity contribution in [3.63, 3.8) is 0 Å². The van der Waals surface area contributed by atoms with Crippen LogP contribution in [0.4, 0.5) is 0 Å². The Morgan fingerprint density at radius 1 is 1.32 bits per heavy atom. The average molecular weight is 278 g/mol. The van der Waals surface area contributed by atoms with Gasteiger partial charge in [-0.3, -0.25) is 4.79 Å². The standard InChI is InChI=1S/C14H14O4S/c15-10-6-11(8-4-2-1-3-5-8)18-12-9(14(16)17)7-19-13(10)12/h6-8H,1-5H2,(H,16,17). The van der Waals surface area contributed by atoms with Gasteiger partial charge >= 0.3 is 5.97 Å². The molecule has 0 saturated heterocycles. The quantitative estimate of drug-likeness (QED) is 0.911. The fourth-order valence-corrected chi connectivity index (χ4v) is 3.57. The summed E-state index contributed by atoms with van der Waals surface area (Å²) >= 11 is 1.14. The Morgan fingerprint density at radius 3 is 2.74 bits per heavy atom. The number of hydrogen-bond donors (Lipinski definition) is 1. The molecule has 0 aliphatic heterocycles. The van der Waals surface area contributed by atoms with Gasteiger partial charge in [-0.2, -0.15) is 0 Å². The molecule has 4 nitrogen and oxygen atoms in total. The number of hydrogen-bond acceptors (Lipinski definition) is 4. The Kier molecular flexibility index (Phi) is 3.14. The molecule has 1 aliphatic rings. The summed E-state index contributed by atoms with van der Waals surface area (Å²) < 4.78 is 6.14. The number of carbonyl (C=O) groups is 1. The normalized spacial score (nSPS) is 16.8. The third-order valence-corrected chi connectivity index (χ3v) is 4.68. The lowest BCUT2D eigenvalue weighted by Crippen LogP contribution is -2.09. The highest BCUT2D eigenvalue weighted by Crippen LogP contribution is 2.34. The van der Waals surface area contributed by atoms with E-state index >= 15 is 0 Å². The smallest absolute Gasteiger partial charge is 0.340 e. The van der Waals surface area contributed by atoms with Crippen LogP contribution >= 0.6 is 11.3 Å². The van der Waals surface area contributed by atoms with E-state index in [0.717, 1.165) is 37.0 Å². The van der Waals surface area contributed by atoms with Gasteiger partial charge in [0.2, 0.25) is 5.43 Å². The molecule has 2 aromatic rings. The zero-order chi connectivity index (χ0) is 13.4. The summed E-state index contributed by atoms with van der Waals surface area (Å²) in [6.07, 6.45) is 5.54. The van der Waals surface area contributed by atoms with Crippen molar-refractivity contribution in [1.82, 2.24) is 0 Å². The van der Waals surface area contributed by atoms with Crippen molar-refractivity contribution in [2.45, 2.75) is 38.0 Å². The van der Waals surface area contributed by atoms with E-state index in [2.05, 4.69) is 0 Å². The van der Waals surface area contributed by atoms with Gasteiger partial charge in [0.15, 0.2) is 5.58 Å². The molecular formula is C14H14O4S. The fraction of sp³-hybridized carbons (Fsp3) is 0.429. The van der Waals surface area contributed by atoms with Crippen LogP contribution in [-0.2, 0) is 0 Å². The predicted octanol–water partition coefficient (Wildman–Crippen LogP) is 3.60. The molecule has 0 atom stereocenters. The van der Waals surface area contributed by atoms with Crippen LogP contribution in [0.25, 0.3) is 10.3 Å². The monoisotopic (exact) mass is 278 g/mol. The maximum absolute atomic E-state index is 12.0. The lowest BCUT2D eigenvalue weighted by Gasteiger charge is -2.20. The fourth-order valence-electron chi connectivity index (χ4n) is 2.70. The van der Waals surface area contributed by atoms with Crippen LogP contribution in [0, 0.1) is 0 Å². The highest BCUT2D eigenvalue weighted by Gasteiger charge is 2.22. The van der Waals surface area contributed by atoms with Gasteiger partial charge in [-0.05, 0) is 12.8 Å². The number of carboxylic acid groups (broad SMARTS) is 1. The Labute approximate surface area is 113 Å². The van der Waals surface area contributed by atoms with Gasteiger partial charge in [-0.25, -0.2) is 4.79 Å². The van der Waals surface area contributed by atoms with E-state index < -0.39 is 5.97 Å². The minimum atomic E-state index is -1.05. The van der Waals surface area contributed by atoms with Crippen LogP contribution in [0.1, 0.15) is 54.1 Å². The van der Waals surface area contributed by atoms with Crippen molar-refractivity contribution in [3.8, 4) is 0 Å². The third-order valence-electron chi connectivity index (χ3n) is 3.70. The number of aromatic carboxylic acids is 1. The van der Waals surface area contributed by atoms with Crippen molar-refractivity contribution in [2.24, 2.45) is 0 Å². The van der Waals surface area contributed by atoms with Crippen molar-refractivity contribution < 1.29 is 14.3 Å². The second-order valence-electron chi connectivity index (χ2n) is 4.96. The van der Waals surface area contributed by atoms with Gasteiger partial charge in [0, 0.05) is 17.4 Å². The van der Waals surface area contributed by atoms with E-state index in [1.807, 2.05) is 0 Å². The topological polar surface area (TPSA) is 67.5 Å². The van der Waals surface area contributed by atoms with Crippen LogP contribution in [0.3, 0.4) is 0 Å². The molecule has 1 saturated carbocycles. The Morgan fingerprint density at radius 2 is 2.05 bits per heavy atom. The molecule has 1 aliphatic carbocycles. The summed E-state index contributed by atoms with van der Waals surface area (Å²) in [5.41, 5.74) is 0.208. The summed E-state index contributed by atoms with van der Waals surface area (Å²) in [5.74, 6) is -0.138. The summed E-state index contributed by atoms with van der Waals surface area (Å²) in [7, 11) is 0. The maximum Gasteiger partial charge on any atom is 0.340 e. The Bertz CT molecular complexity index is 676. The maximum atomic E-state index is 12.0. The van der Waals surface area contributed by atoms with Gasteiger partial charge < -0.3 is 9.52 Å². The summed E-state index contributed by atoms with van der Waals surface area (Å²) in [6.45, 7) is 0. The van der Waals surface area contributed by atoms with Crippen molar-refractivity contribution in [1.29, 1.82) is 0 Å². The first-order valence-electron chi connectivity index (χ1n) is 6.45. The summed E-state index contributed by atoms with van der Waals surface area (Å²) in [4.78, 5) is 23.2. The number of rotatable bonds is 2. The van der Waals surface area contributed by atoms with Crippen LogP contribution < -0.4 is 5.43 Å². The first kappa shape index (κ1) is 12.4. The highest BCUT2D eigenvalue weighted by atomic mass is 32.1. The van der Waals surface area contributed by atoms with E-state index in [9.17, 15) is 9.59 Å². The van der Waals surface area contributed by atoms with Gasteiger partial charge in [0.05, 0.1) is 0 Å². The molecule has 0 radical (unpaired) electrons. The summed E-state index contributed by atoms with van der Waals surface area (Å²) in [6, 6.07) is 1.54. The zero-order valence-electron chi connectivity index (χ0n) is 10.3. The first-order chi connectivity index (χ1) is 9.16. The SMILES string of the molecule is O=C(O)c1csc2c(=O)cc(C3CCCCC3)oc12. The minimum absolute atomic E-state index is 0.0924. The van der Waals surface area contributed by atoms with Gasteiger partial charge in [0.25, 0.3) is 0 Å². The second kappa shape index (κ2) is 4.81. The Hall–Kier alpha value is -1.62. The molecule has 1 N–H and O–H groups in total. The lowest BCUT2D eigenvalue weighted by atomic mass is 9.87. The third kappa shape index (κ3) is 2.18. The van der Waals surface area contributed by atoms with E-state index in [0.29, 0.717) is 10.5 Å². The highest BCUT2D eigenvalue weighted by molar-refractivity contribution is 7.17. The van der Waals surface area contributed by atoms with Crippen LogP contribution in [-0.4, -0.2) is 11.1 Å². The Balaban J connectivity index is 2.13. The van der Waals surface area contributed by atoms with Crippen molar-refractivity contribution in [2.75, 3.05) is 0 Å². The van der Waals surface area contributed by atoms with Gasteiger partial charge in [-0.15, -0.1) is 11.3 Å². The molecule has 1 fully saturated rings. The molecule has 5 heteroatoms. The molecule has 100 valence electrons. The van der Waals surface area contributed by atoms with Crippen LogP contribution in [0.2, 0.25) is 0 Å². The van der Waals surface area contributed by atoms with E-state index in [1.165, 1.54) is 11.8 Å². The molecule has 2 heterocycles. The van der Waals surface area contributed by atoms with Crippen LogP contribution in [0.5, 0.6) is 0 Å². The molecule has 0 spiro atoms. The minimum Gasteiger partial charge on any atom is -0.478 e. The second-order valence-corrected chi connectivity index (χ2v) is 5.84. The molecule has 19 heavy (non-hydrogen) atoms. The first-order valence-corrected chi connectivity index (χ1v) is 7.33. The lowest BCUT2D eigenvalue weighted by molar-refractivity contribution is 0.0698. The largest absolute Gasteiger partial charge is 0.478 e. The number of thiophene rings is 1. The van der Waals surface area contributed by atoms with Crippen LogP contribution in [0.15, 0.2) is 20.7 Å². The summed E-state index contributed by atoms with van der Waals surface area (Å²) in [5, 5.41) is 10.6. The molecule has 0 aromatic carbocycles. The molecule has 0 unspecified atom stereocenters. The van der Waals surface area contributed by atoms with Gasteiger partial charge in [0.1, 0.15) is 16.0 Å². The number of carboxylic acids is 1. The average Bonchev–Trinajstić information content (AvgIpc) is 2.84. The molecule has 3 rings (SSSR count).